The molecule has 0 aromatic heterocycles. The van der Waals surface area contributed by atoms with Crippen LogP contribution in [0.1, 0.15) is 22.3 Å². The summed E-state index contributed by atoms with van der Waals surface area (Å²) in [7, 11) is 0. The maximum absolute atomic E-state index is 6.49. The summed E-state index contributed by atoms with van der Waals surface area (Å²) in [5.41, 5.74) is 16.7. The number of hydrogen-bond donors (Lipinski definition) is 0. The van der Waals surface area contributed by atoms with Crippen molar-refractivity contribution in [3.63, 3.8) is 0 Å². The quantitative estimate of drug-likeness (QED) is 0.175. The Kier molecular flexibility index (Phi) is 6.84. The zero-order chi connectivity index (χ0) is 35.6. The molecule has 11 rings (SSSR count). The predicted octanol–water partition coefficient (Wildman–Crippen LogP) is 14.0. The minimum absolute atomic E-state index is 0.458. The molecule has 0 saturated heterocycles. The van der Waals surface area contributed by atoms with Gasteiger partial charge in [0.05, 0.1) is 5.41 Å². The lowest BCUT2D eigenvalue weighted by Gasteiger charge is -2.34. The van der Waals surface area contributed by atoms with Crippen LogP contribution in [0.25, 0.3) is 66.4 Å². The molecule has 252 valence electrons. The molecule has 0 saturated carbocycles. The van der Waals surface area contributed by atoms with Gasteiger partial charge in [-0.2, -0.15) is 0 Å². The number of ether oxygens (including phenoxy) is 1. The molecule has 1 aliphatic carbocycles. The molecule has 0 fully saturated rings. The average Bonchev–Trinajstić information content (AvgIpc) is 3.55. The summed E-state index contributed by atoms with van der Waals surface area (Å²) in [5.74, 6) is 1.80. The second-order valence-electron chi connectivity index (χ2n) is 14.4. The van der Waals surface area contributed by atoms with E-state index in [0.29, 0.717) is 0 Å². The second-order valence-corrected chi connectivity index (χ2v) is 14.4. The van der Waals surface area contributed by atoms with E-state index in [-0.39, 0.29) is 0 Å². The topological polar surface area (TPSA) is 9.23 Å². The Balaban J connectivity index is 1.13. The summed E-state index contributed by atoms with van der Waals surface area (Å²) in [5, 5.41) is 2.36. The molecule has 9 aromatic carbocycles. The zero-order valence-electron chi connectivity index (χ0n) is 29.5. The van der Waals surface area contributed by atoms with Gasteiger partial charge >= 0.3 is 0 Å². The Bertz CT molecular complexity index is 2840. The summed E-state index contributed by atoms with van der Waals surface area (Å²) in [6.07, 6.45) is 0. The van der Waals surface area contributed by atoms with Crippen LogP contribution in [0.4, 0.5) is 0 Å². The standard InChI is InChI=1S/C53H34O/c1-4-14-35(15-5-1)39-30-40(37-27-29-50-47(33-37)46-23-12-16-36-17-13-25-51(54-50)52(36)46)32-41(31-39)38-26-28-45-44-22-10-11-24-48(44)53(49(45)34-38,42-18-6-2-7-19-42)43-20-8-3-9-21-43/h1-34H. The van der Waals surface area contributed by atoms with Crippen LogP contribution in [0.5, 0.6) is 11.5 Å². The lowest BCUT2D eigenvalue weighted by molar-refractivity contribution is 0.487. The van der Waals surface area contributed by atoms with Crippen LogP contribution >= 0.6 is 0 Å². The average molecular weight is 687 g/mol. The summed E-state index contributed by atoms with van der Waals surface area (Å²) in [6.45, 7) is 0. The lowest BCUT2D eigenvalue weighted by atomic mass is 9.67. The van der Waals surface area contributed by atoms with Crippen molar-refractivity contribution in [2.75, 3.05) is 0 Å². The fraction of sp³-hybridized carbons (Fsp3) is 0.0189. The molecular formula is C53H34O. The third-order valence-corrected chi connectivity index (χ3v) is 11.5. The zero-order valence-corrected chi connectivity index (χ0v) is 29.5. The summed E-state index contributed by atoms with van der Waals surface area (Å²) < 4.78 is 6.49. The Morgan fingerprint density at radius 1 is 0.296 bits per heavy atom. The van der Waals surface area contributed by atoms with Crippen LogP contribution in [-0.2, 0) is 5.41 Å². The van der Waals surface area contributed by atoms with Crippen molar-refractivity contribution in [3.8, 4) is 67.1 Å². The van der Waals surface area contributed by atoms with Crippen molar-refractivity contribution in [2.45, 2.75) is 5.41 Å². The van der Waals surface area contributed by atoms with E-state index in [9.17, 15) is 0 Å². The van der Waals surface area contributed by atoms with Crippen molar-refractivity contribution in [1.29, 1.82) is 0 Å². The highest BCUT2D eigenvalue weighted by molar-refractivity contribution is 6.04. The van der Waals surface area contributed by atoms with Gasteiger partial charge in [-0.1, -0.05) is 164 Å². The molecule has 54 heavy (non-hydrogen) atoms. The molecule has 0 spiro atoms. The maximum atomic E-state index is 6.49. The molecule has 0 amide bonds. The Labute approximate surface area is 315 Å². The summed E-state index contributed by atoms with van der Waals surface area (Å²) in [6, 6.07) is 75.4. The summed E-state index contributed by atoms with van der Waals surface area (Å²) in [4.78, 5) is 0. The SMILES string of the molecule is c1ccc(-c2cc(-c3ccc4c(c3)-c3cccc5cccc(c35)O4)cc(-c3ccc4c(c3)C(c3ccccc3)(c3ccccc3)c3ccccc3-4)c2)cc1. The van der Waals surface area contributed by atoms with Gasteiger partial charge in [0, 0.05) is 10.9 Å². The highest BCUT2D eigenvalue weighted by atomic mass is 16.5. The minimum atomic E-state index is -0.458. The Morgan fingerprint density at radius 3 is 1.57 bits per heavy atom. The van der Waals surface area contributed by atoms with Crippen molar-refractivity contribution in [3.05, 3.63) is 229 Å². The van der Waals surface area contributed by atoms with Gasteiger partial charge in [0.1, 0.15) is 11.5 Å². The molecule has 1 heterocycles. The van der Waals surface area contributed by atoms with Crippen molar-refractivity contribution in [1.82, 2.24) is 0 Å². The van der Waals surface area contributed by atoms with Crippen LogP contribution < -0.4 is 4.74 Å². The first-order chi connectivity index (χ1) is 26.8. The number of hydrogen-bond acceptors (Lipinski definition) is 1. The Hall–Kier alpha value is -6.96. The van der Waals surface area contributed by atoms with Crippen molar-refractivity contribution in [2.24, 2.45) is 0 Å². The third kappa shape index (κ3) is 4.58. The van der Waals surface area contributed by atoms with Gasteiger partial charge in [-0.05, 0) is 120 Å². The summed E-state index contributed by atoms with van der Waals surface area (Å²) >= 11 is 0. The predicted molar refractivity (Wildman–Crippen MR) is 223 cm³/mol. The van der Waals surface area contributed by atoms with Gasteiger partial charge in [0.15, 0.2) is 0 Å². The molecular weight excluding hydrogens is 653 g/mol. The van der Waals surface area contributed by atoms with Crippen LogP contribution in [-0.4, -0.2) is 0 Å². The molecule has 2 aliphatic rings. The van der Waals surface area contributed by atoms with E-state index < -0.39 is 5.41 Å². The van der Waals surface area contributed by atoms with E-state index in [2.05, 4.69) is 206 Å². The molecule has 0 bridgehead atoms. The molecule has 1 nitrogen and oxygen atoms in total. The van der Waals surface area contributed by atoms with E-state index in [1.54, 1.807) is 0 Å². The van der Waals surface area contributed by atoms with Crippen LogP contribution in [0.2, 0.25) is 0 Å². The monoisotopic (exact) mass is 686 g/mol. The van der Waals surface area contributed by atoms with Crippen LogP contribution in [0.3, 0.4) is 0 Å². The molecule has 0 N–H and O–H groups in total. The first kappa shape index (κ1) is 30.6. The molecule has 0 radical (unpaired) electrons. The molecule has 1 aliphatic heterocycles. The largest absolute Gasteiger partial charge is 0.456 e. The first-order valence-electron chi connectivity index (χ1n) is 18.7. The van der Waals surface area contributed by atoms with Crippen molar-refractivity contribution < 1.29 is 4.74 Å². The number of rotatable bonds is 5. The lowest BCUT2D eigenvalue weighted by Crippen LogP contribution is -2.28. The van der Waals surface area contributed by atoms with Crippen molar-refractivity contribution >= 4 is 10.8 Å². The van der Waals surface area contributed by atoms with Gasteiger partial charge in [-0.3, -0.25) is 0 Å². The van der Waals surface area contributed by atoms with E-state index in [0.717, 1.165) is 22.6 Å². The van der Waals surface area contributed by atoms with E-state index in [4.69, 9.17) is 4.74 Å². The number of fused-ring (bicyclic) bond motifs is 5. The van der Waals surface area contributed by atoms with Gasteiger partial charge in [0.2, 0.25) is 0 Å². The minimum Gasteiger partial charge on any atom is -0.456 e. The van der Waals surface area contributed by atoms with E-state index >= 15 is 0 Å². The highest BCUT2D eigenvalue weighted by Gasteiger charge is 2.46. The molecule has 0 atom stereocenters. The third-order valence-electron chi connectivity index (χ3n) is 11.5. The van der Waals surface area contributed by atoms with Gasteiger partial charge in [-0.15, -0.1) is 0 Å². The smallest absolute Gasteiger partial charge is 0.135 e. The highest BCUT2D eigenvalue weighted by Crippen LogP contribution is 2.57. The fourth-order valence-electron chi connectivity index (χ4n) is 9.13. The maximum Gasteiger partial charge on any atom is 0.135 e. The second kappa shape index (κ2) is 12.0. The number of benzene rings is 9. The normalized spacial score (nSPS) is 13.1. The Morgan fingerprint density at radius 2 is 0.852 bits per heavy atom. The van der Waals surface area contributed by atoms with E-state index in [1.165, 1.54) is 77.5 Å². The van der Waals surface area contributed by atoms with E-state index in [1.807, 2.05) is 0 Å². The molecule has 1 heteroatoms. The molecule has 9 aromatic rings. The molecule has 0 unspecified atom stereocenters. The van der Waals surface area contributed by atoms with Crippen LogP contribution in [0, 0.1) is 0 Å². The van der Waals surface area contributed by atoms with Gasteiger partial charge in [0.25, 0.3) is 0 Å². The van der Waals surface area contributed by atoms with Gasteiger partial charge < -0.3 is 4.74 Å². The van der Waals surface area contributed by atoms with Gasteiger partial charge in [-0.25, -0.2) is 0 Å². The van der Waals surface area contributed by atoms with Crippen LogP contribution in [0.15, 0.2) is 206 Å². The first-order valence-corrected chi connectivity index (χ1v) is 18.7. The fourth-order valence-corrected chi connectivity index (χ4v) is 9.13.